The summed E-state index contributed by atoms with van der Waals surface area (Å²) in [5, 5.41) is 13.3. The molecule has 0 atom stereocenters. The maximum atomic E-state index is 12.3. The lowest BCUT2D eigenvalue weighted by Gasteiger charge is -2.08. The first kappa shape index (κ1) is 14.9. The molecule has 9 heteroatoms. The number of hydrogen-bond donors (Lipinski definition) is 1. The van der Waals surface area contributed by atoms with E-state index < -0.39 is 4.92 Å². The van der Waals surface area contributed by atoms with E-state index in [2.05, 4.69) is 15.3 Å². The van der Waals surface area contributed by atoms with E-state index in [9.17, 15) is 14.9 Å². The first-order valence-electron chi connectivity index (χ1n) is 6.59. The van der Waals surface area contributed by atoms with Gasteiger partial charge >= 0.3 is 5.00 Å². The first-order chi connectivity index (χ1) is 11.1. The molecule has 0 bridgehead atoms. The van der Waals surface area contributed by atoms with Gasteiger partial charge in [-0.25, -0.2) is 4.98 Å². The van der Waals surface area contributed by atoms with Crippen molar-refractivity contribution in [3.05, 3.63) is 70.4 Å². The molecule has 0 aromatic carbocycles. The average Bonchev–Trinajstić information content (AvgIpc) is 3.17. The molecule has 0 radical (unpaired) electrons. The van der Waals surface area contributed by atoms with Crippen molar-refractivity contribution in [1.29, 1.82) is 0 Å². The second kappa shape index (κ2) is 6.36. The number of hydrogen-bond acceptors (Lipinski definition) is 6. The molecule has 0 saturated heterocycles. The van der Waals surface area contributed by atoms with Gasteiger partial charge in [0.05, 0.1) is 4.92 Å². The Morgan fingerprint density at radius 2 is 2.13 bits per heavy atom. The summed E-state index contributed by atoms with van der Waals surface area (Å²) in [6, 6.07) is 7.18. The fourth-order valence-corrected chi connectivity index (χ4v) is 2.64. The van der Waals surface area contributed by atoms with Crippen LogP contribution in [0.15, 0.2) is 49.1 Å². The van der Waals surface area contributed by atoms with Crippen LogP contribution in [0.3, 0.4) is 0 Å². The second-order valence-corrected chi connectivity index (χ2v) is 5.60. The Balaban J connectivity index is 1.75. The van der Waals surface area contributed by atoms with Crippen molar-refractivity contribution in [1.82, 2.24) is 14.5 Å². The number of rotatable bonds is 5. The van der Waals surface area contributed by atoms with Crippen LogP contribution in [0.4, 0.5) is 10.1 Å². The van der Waals surface area contributed by atoms with Gasteiger partial charge in [-0.2, -0.15) is 0 Å². The van der Waals surface area contributed by atoms with E-state index in [1.165, 1.54) is 0 Å². The van der Waals surface area contributed by atoms with E-state index in [-0.39, 0.29) is 16.0 Å². The van der Waals surface area contributed by atoms with Gasteiger partial charge in [-0.1, -0.05) is 0 Å². The van der Waals surface area contributed by atoms with Crippen LogP contribution in [0.2, 0.25) is 0 Å². The maximum Gasteiger partial charge on any atom is 0.345 e. The van der Waals surface area contributed by atoms with E-state index in [1.54, 1.807) is 35.3 Å². The number of carbonyl (C=O) groups is 1. The Morgan fingerprint density at radius 3 is 2.83 bits per heavy atom. The van der Waals surface area contributed by atoms with Crippen LogP contribution in [-0.2, 0) is 6.54 Å². The Labute approximate surface area is 134 Å². The van der Waals surface area contributed by atoms with Gasteiger partial charge in [-0.05, 0) is 41.2 Å². The molecule has 0 fully saturated rings. The zero-order valence-corrected chi connectivity index (χ0v) is 12.6. The van der Waals surface area contributed by atoms with Crippen LogP contribution in [0.5, 0.6) is 0 Å². The van der Waals surface area contributed by atoms with Gasteiger partial charge in [0.1, 0.15) is 11.9 Å². The molecule has 0 aliphatic heterocycles. The molecular weight excluding hydrogens is 318 g/mol. The SMILES string of the molecule is O=C(Nc1ncc([N+](=O)[O-])s1)c1cccn1Cc1ccncc1. The van der Waals surface area contributed by atoms with Crippen LogP contribution in [0.1, 0.15) is 16.1 Å². The number of aromatic nitrogens is 3. The Bertz CT molecular complexity index is 843. The molecule has 23 heavy (non-hydrogen) atoms. The highest BCUT2D eigenvalue weighted by atomic mass is 32.1. The summed E-state index contributed by atoms with van der Waals surface area (Å²) in [6.45, 7) is 0.524. The van der Waals surface area contributed by atoms with Crippen LogP contribution < -0.4 is 5.32 Å². The van der Waals surface area contributed by atoms with Gasteiger partial charge in [-0.15, -0.1) is 0 Å². The lowest BCUT2D eigenvalue weighted by atomic mass is 10.2. The molecule has 8 nitrogen and oxygen atoms in total. The molecule has 116 valence electrons. The monoisotopic (exact) mass is 329 g/mol. The predicted octanol–water partition coefficient (Wildman–Crippen LogP) is 2.55. The molecule has 3 rings (SSSR count). The molecule has 0 aliphatic rings. The maximum absolute atomic E-state index is 12.3. The standard InChI is InChI=1S/C14H11N5O3S/c20-13(17-14-16-8-12(23-14)19(21)22)11-2-1-7-18(11)9-10-3-5-15-6-4-10/h1-8H,9H2,(H,16,17,20). The fourth-order valence-electron chi connectivity index (χ4n) is 2.01. The number of carbonyl (C=O) groups excluding carboxylic acids is 1. The third-order valence-electron chi connectivity index (χ3n) is 3.06. The van der Waals surface area contributed by atoms with Crippen molar-refractivity contribution < 1.29 is 9.72 Å². The van der Waals surface area contributed by atoms with Crippen molar-refractivity contribution in [3.8, 4) is 0 Å². The summed E-state index contributed by atoms with van der Waals surface area (Å²) in [7, 11) is 0. The van der Waals surface area contributed by atoms with Crippen molar-refractivity contribution in [2.45, 2.75) is 6.54 Å². The van der Waals surface area contributed by atoms with Gasteiger partial charge < -0.3 is 4.57 Å². The molecule has 0 saturated carbocycles. The van der Waals surface area contributed by atoms with Crippen LogP contribution in [0, 0.1) is 10.1 Å². The van der Waals surface area contributed by atoms with E-state index in [0.29, 0.717) is 12.2 Å². The number of nitrogens with zero attached hydrogens (tertiary/aromatic N) is 4. The van der Waals surface area contributed by atoms with Gasteiger partial charge in [0, 0.05) is 25.1 Å². The Kier molecular flexibility index (Phi) is 4.11. The topological polar surface area (TPSA) is 103 Å². The third-order valence-corrected chi connectivity index (χ3v) is 3.92. The minimum Gasteiger partial charge on any atom is -0.339 e. The van der Waals surface area contributed by atoms with E-state index in [1.807, 2.05) is 12.1 Å². The van der Waals surface area contributed by atoms with E-state index >= 15 is 0 Å². The lowest BCUT2D eigenvalue weighted by Crippen LogP contribution is -2.17. The molecule has 3 aromatic rings. The minimum absolute atomic E-state index is 0.118. The summed E-state index contributed by atoms with van der Waals surface area (Å²) >= 11 is 0.817. The highest BCUT2D eigenvalue weighted by Crippen LogP contribution is 2.25. The number of amides is 1. The Morgan fingerprint density at radius 1 is 1.35 bits per heavy atom. The number of nitro groups is 1. The smallest absolute Gasteiger partial charge is 0.339 e. The minimum atomic E-state index is -0.542. The summed E-state index contributed by atoms with van der Waals surface area (Å²) in [6.07, 6.45) is 6.29. The van der Waals surface area contributed by atoms with Gasteiger partial charge in [0.2, 0.25) is 0 Å². The van der Waals surface area contributed by atoms with Gasteiger partial charge in [0.25, 0.3) is 5.91 Å². The molecule has 0 spiro atoms. The number of anilines is 1. The van der Waals surface area contributed by atoms with Crippen molar-refractivity contribution >= 4 is 27.4 Å². The highest BCUT2D eigenvalue weighted by molar-refractivity contribution is 7.18. The molecule has 0 unspecified atom stereocenters. The van der Waals surface area contributed by atoms with Crippen LogP contribution >= 0.6 is 11.3 Å². The lowest BCUT2D eigenvalue weighted by molar-refractivity contribution is -0.380. The molecule has 1 amide bonds. The third kappa shape index (κ3) is 3.40. The zero-order valence-electron chi connectivity index (χ0n) is 11.7. The first-order valence-corrected chi connectivity index (χ1v) is 7.41. The van der Waals surface area contributed by atoms with E-state index in [4.69, 9.17) is 0 Å². The number of thiazole rings is 1. The van der Waals surface area contributed by atoms with Gasteiger partial charge in [-0.3, -0.25) is 25.2 Å². The zero-order chi connectivity index (χ0) is 16.2. The number of pyridine rings is 1. The predicted molar refractivity (Wildman–Crippen MR) is 84.5 cm³/mol. The highest BCUT2D eigenvalue weighted by Gasteiger charge is 2.16. The van der Waals surface area contributed by atoms with Crippen molar-refractivity contribution in [2.75, 3.05) is 5.32 Å². The molecule has 1 N–H and O–H groups in total. The van der Waals surface area contributed by atoms with Crippen LogP contribution in [-0.4, -0.2) is 25.4 Å². The molecule has 3 heterocycles. The van der Waals surface area contributed by atoms with Crippen LogP contribution in [0.25, 0.3) is 0 Å². The molecule has 3 aromatic heterocycles. The quantitative estimate of drug-likeness (QED) is 0.572. The van der Waals surface area contributed by atoms with Crippen molar-refractivity contribution in [3.63, 3.8) is 0 Å². The molecular formula is C14H11N5O3S. The number of nitrogens with one attached hydrogen (secondary N) is 1. The fraction of sp³-hybridized carbons (Fsp3) is 0.0714. The molecule has 0 aliphatic carbocycles. The summed E-state index contributed by atoms with van der Waals surface area (Å²) in [5.41, 5.74) is 1.45. The Hall–Kier alpha value is -3.07. The summed E-state index contributed by atoms with van der Waals surface area (Å²) in [4.78, 5) is 30.2. The largest absolute Gasteiger partial charge is 0.345 e. The summed E-state index contributed by atoms with van der Waals surface area (Å²) in [5.74, 6) is -0.367. The second-order valence-electron chi connectivity index (χ2n) is 4.59. The van der Waals surface area contributed by atoms with E-state index in [0.717, 1.165) is 23.1 Å². The normalized spacial score (nSPS) is 10.4. The average molecular weight is 329 g/mol. The summed E-state index contributed by atoms with van der Waals surface area (Å²) < 4.78 is 1.78. The van der Waals surface area contributed by atoms with Gasteiger partial charge in [0.15, 0.2) is 5.13 Å². The van der Waals surface area contributed by atoms with Crippen molar-refractivity contribution in [2.24, 2.45) is 0 Å².